The monoisotopic (exact) mass is 269 g/mol. The normalized spacial score (nSPS) is 11.2. The van der Waals surface area contributed by atoms with Gasteiger partial charge in [-0.05, 0) is 36.2 Å². The minimum absolute atomic E-state index is 0.644. The lowest BCUT2D eigenvalue weighted by atomic mass is 10.2. The Balaban J connectivity index is 1.99. The van der Waals surface area contributed by atoms with E-state index in [-0.39, 0.29) is 0 Å². The topological polar surface area (TPSA) is 66.5 Å². The van der Waals surface area contributed by atoms with Crippen molar-refractivity contribution in [3.8, 4) is 0 Å². The van der Waals surface area contributed by atoms with Gasteiger partial charge in [0.15, 0.2) is 0 Å². The molecule has 2 rings (SSSR count). The molecular weight excluding hydrogens is 250 g/mol. The van der Waals surface area contributed by atoms with Gasteiger partial charge in [-0.2, -0.15) is 0 Å². The molecule has 0 radical (unpaired) electrons. The van der Waals surface area contributed by atoms with Crippen molar-refractivity contribution in [2.45, 2.75) is 6.42 Å². The second-order valence-electron chi connectivity index (χ2n) is 4.44. The summed E-state index contributed by atoms with van der Waals surface area (Å²) in [6, 6.07) is 13.8. The fourth-order valence-corrected chi connectivity index (χ4v) is 1.80. The van der Waals surface area contributed by atoms with Crippen LogP contribution in [0.25, 0.3) is 0 Å². The molecule has 0 saturated heterocycles. The number of guanidine groups is 1. The Morgan fingerprint density at radius 2 is 1.90 bits per heavy atom. The molecule has 0 amide bonds. The number of nitrogens with two attached hydrogens (primary N) is 1. The summed E-state index contributed by atoms with van der Waals surface area (Å²) in [7, 11) is 1.96. The third-order valence-electron chi connectivity index (χ3n) is 2.97. The maximum Gasteiger partial charge on any atom is 0.213 e. The van der Waals surface area contributed by atoms with Gasteiger partial charge >= 0.3 is 0 Å². The van der Waals surface area contributed by atoms with Gasteiger partial charge in [-0.15, -0.1) is 0 Å². The number of benzene rings is 1. The van der Waals surface area contributed by atoms with Crippen LogP contribution in [0.2, 0.25) is 0 Å². The van der Waals surface area contributed by atoms with Gasteiger partial charge in [-0.25, -0.2) is 10.8 Å². The maximum absolute atomic E-state index is 5.56. The quantitative estimate of drug-likeness (QED) is 0.384. The zero-order chi connectivity index (χ0) is 14.2. The number of hydrazine groups is 1. The van der Waals surface area contributed by atoms with Crippen LogP contribution in [0.4, 0.5) is 5.69 Å². The molecule has 2 aromatic rings. The Kier molecular flexibility index (Phi) is 5.08. The molecule has 0 atom stereocenters. The van der Waals surface area contributed by atoms with Crippen LogP contribution in [0.1, 0.15) is 5.56 Å². The summed E-state index contributed by atoms with van der Waals surface area (Å²) in [6.45, 7) is 0.819. The first-order valence-electron chi connectivity index (χ1n) is 6.50. The highest BCUT2D eigenvalue weighted by molar-refractivity contribution is 5.81. The molecule has 0 aliphatic carbocycles. The van der Waals surface area contributed by atoms with Gasteiger partial charge < -0.3 is 4.90 Å². The second kappa shape index (κ2) is 7.25. The van der Waals surface area contributed by atoms with Gasteiger partial charge in [-0.1, -0.05) is 18.2 Å². The second-order valence-corrected chi connectivity index (χ2v) is 4.44. The Bertz CT molecular complexity index is 539. The zero-order valence-corrected chi connectivity index (χ0v) is 11.5. The molecule has 0 spiro atoms. The smallest absolute Gasteiger partial charge is 0.213 e. The molecule has 1 heterocycles. The minimum Gasteiger partial charge on any atom is -0.344 e. The highest BCUT2D eigenvalue weighted by Gasteiger charge is 2.05. The fourth-order valence-electron chi connectivity index (χ4n) is 1.80. The summed E-state index contributed by atoms with van der Waals surface area (Å²) in [5.41, 5.74) is 4.76. The van der Waals surface area contributed by atoms with Gasteiger partial charge in [-0.3, -0.25) is 10.4 Å². The molecule has 20 heavy (non-hydrogen) atoms. The molecule has 5 heteroatoms. The van der Waals surface area contributed by atoms with Crippen molar-refractivity contribution in [2.75, 3.05) is 13.6 Å². The summed E-state index contributed by atoms with van der Waals surface area (Å²) < 4.78 is 0. The largest absolute Gasteiger partial charge is 0.344 e. The Labute approximate surface area is 119 Å². The molecule has 0 aliphatic heterocycles. The maximum atomic E-state index is 5.56. The number of aromatic nitrogens is 1. The van der Waals surface area contributed by atoms with Crippen molar-refractivity contribution in [3.05, 3.63) is 60.4 Å². The van der Waals surface area contributed by atoms with Crippen molar-refractivity contribution >= 4 is 11.6 Å². The van der Waals surface area contributed by atoms with Crippen LogP contribution in [0.15, 0.2) is 59.9 Å². The van der Waals surface area contributed by atoms with E-state index < -0.39 is 0 Å². The number of nitrogens with one attached hydrogen (secondary N) is 1. The van der Waals surface area contributed by atoms with Crippen molar-refractivity contribution in [2.24, 2.45) is 10.8 Å². The Hall–Kier alpha value is -2.40. The summed E-state index contributed by atoms with van der Waals surface area (Å²) in [6.07, 6.45) is 4.51. The molecule has 0 saturated carbocycles. The fraction of sp³-hybridized carbons (Fsp3) is 0.200. The van der Waals surface area contributed by atoms with E-state index in [0.717, 1.165) is 18.7 Å². The highest BCUT2D eigenvalue weighted by atomic mass is 15.4. The first-order chi connectivity index (χ1) is 9.79. The predicted molar refractivity (Wildman–Crippen MR) is 81.4 cm³/mol. The first kappa shape index (κ1) is 14.0. The number of aliphatic imine (C=N–C) groups is 1. The summed E-state index contributed by atoms with van der Waals surface area (Å²) >= 11 is 0. The van der Waals surface area contributed by atoms with Crippen molar-refractivity contribution in [1.82, 2.24) is 15.3 Å². The van der Waals surface area contributed by atoms with E-state index >= 15 is 0 Å². The standard InChI is InChI=1S/C15H19N5/c1-20(12-9-13-7-10-17-11-8-13)15(19-16)18-14-5-3-2-4-6-14/h2-8,10-11H,9,12,16H2,1H3,(H,18,19). The average Bonchev–Trinajstić information content (AvgIpc) is 2.52. The SMILES string of the molecule is CN(CCc1ccncc1)C(=Nc1ccccc1)NN. The Morgan fingerprint density at radius 3 is 2.55 bits per heavy atom. The van der Waals surface area contributed by atoms with E-state index in [4.69, 9.17) is 5.84 Å². The summed E-state index contributed by atoms with van der Waals surface area (Å²) in [4.78, 5) is 10.5. The molecule has 104 valence electrons. The predicted octanol–water partition coefficient (Wildman–Crippen LogP) is 1.71. The van der Waals surface area contributed by atoms with Crippen LogP contribution in [0.5, 0.6) is 0 Å². The van der Waals surface area contributed by atoms with E-state index in [1.165, 1.54) is 5.56 Å². The van der Waals surface area contributed by atoms with Gasteiger partial charge in [0, 0.05) is 26.0 Å². The number of hydrogen-bond acceptors (Lipinski definition) is 3. The van der Waals surface area contributed by atoms with Crippen LogP contribution < -0.4 is 11.3 Å². The lowest BCUT2D eigenvalue weighted by Gasteiger charge is -2.20. The van der Waals surface area contributed by atoms with Crippen LogP contribution >= 0.6 is 0 Å². The summed E-state index contributed by atoms with van der Waals surface area (Å²) in [5, 5.41) is 0. The Morgan fingerprint density at radius 1 is 1.20 bits per heavy atom. The first-order valence-corrected chi connectivity index (χ1v) is 6.50. The third-order valence-corrected chi connectivity index (χ3v) is 2.97. The van der Waals surface area contributed by atoms with Gasteiger partial charge in [0.05, 0.1) is 5.69 Å². The number of rotatable bonds is 4. The van der Waals surface area contributed by atoms with Crippen molar-refractivity contribution in [3.63, 3.8) is 0 Å². The molecule has 3 N–H and O–H groups in total. The van der Waals surface area contributed by atoms with Crippen molar-refractivity contribution in [1.29, 1.82) is 0 Å². The molecule has 0 aliphatic rings. The molecule has 0 fully saturated rings. The van der Waals surface area contributed by atoms with Crippen LogP contribution in [0, 0.1) is 0 Å². The van der Waals surface area contributed by atoms with E-state index in [2.05, 4.69) is 15.4 Å². The van der Waals surface area contributed by atoms with Crippen LogP contribution in [-0.2, 0) is 6.42 Å². The number of para-hydroxylation sites is 1. The van der Waals surface area contributed by atoms with E-state index in [9.17, 15) is 0 Å². The minimum atomic E-state index is 0.644. The van der Waals surface area contributed by atoms with Gasteiger partial charge in [0.1, 0.15) is 0 Å². The third kappa shape index (κ3) is 4.07. The molecule has 0 bridgehead atoms. The van der Waals surface area contributed by atoms with Crippen LogP contribution in [-0.4, -0.2) is 29.4 Å². The van der Waals surface area contributed by atoms with E-state index in [1.54, 1.807) is 12.4 Å². The number of nitrogens with zero attached hydrogens (tertiary/aromatic N) is 3. The molecule has 1 aromatic carbocycles. The van der Waals surface area contributed by atoms with E-state index in [0.29, 0.717) is 5.96 Å². The van der Waals surface area contributed by atoms with Gasteiger partial charge in [0.2, 0.25) is 5.96 Å². The highest BCUT2D eigenvalue weighted by Crippen LogP contribution is 2.10. The number of hydrogen-bond donors (Lipinski definition) is 2. The van der Waals surface area contributed by atoms with Crippen LogP contribution in [0.3, 0.4) is 0 Å². The summed E-state index contributed by atoms with van der Waals surface area (Å²) in [5.74, 6) is 6.20. The van der Waals surface area contributed by atoms with Crippen molar-refractivity contribution < 1.29 is 0 Å². The molecular formula is C15H19N5. The average molecular weight is 269 g/mol. The van der Waals surface area contributed by atoms with Gasteiger partial charge in [0.25, 0.3) is 0 Å². The zero-order valence-electron chi connectivity index (χ0n) is 11.5. The molecule has 0 unspecified atom stereocenters. The number of likely N-dealkylation sites (N-methyl/N-ethyl adjacent to an activating group) is 1. The van der Waals surface area contributed by atoms with E-state index in [1.807, 2.05) is 54.4 Å². The lowest BCUT2D eigenvalue weighted by molar-refractivity contribution is 0.488. The molecule has 5 nitrogen and oxygen atoms in total. The lowest BCUT2D eigenvalue weighted by Crippen LogP contribution is -2.43. The number of pyridine rings is 1. The molecule has 1 aromatic heterocycles.